The molecule has 0 atom stereocenters. The van der Waals surface area contributed by atoms with Crippen LogP contribution in [0.5, 0.6) is 5.75 Å². The lowest BCUT2D eigenvalue weighted by Crippen LogP contribution is -2.05. The fourth-order valence-electron chi connectivity index (χ4n) is 1.70. The molecule has 0 unspecified atom stereocenters. The Morgan fingerprint density at radius 1 is 1.00 bits per heavy atom. The molecule has 0 aliphatic rings. The molecule has 102 valence electrons. The van der Waals surface area contributed by atoms with Crippen molar-refractivity contribution >= 4 is 0 Å². The predicted molar refractivity (Wildman–Crippen MR) is 76.2 cm³/mol. The molecule has 0 aromatic heterocycles. The first-order chi connectivity index (χ1) is 8.58. The van der Waals surface area contributed by atoms with Crippen molar-refractivity contribution in [1.29, 1.82) is 0 Å². The molecule has 0 saturated heterocycles. The van der Waals surface area contributed by atoms with Crippen LogP contribution in [0.4, 0.5) is 0 Å². The maximum Gasteiger partial charge on any atom is 0.119 e. The van der Waals surface area contributed by atoms with Gasteiger partial charge in [0.05, 0.1) is 6.10 Å². The molecular weight excluding hydrogens is 224 g/mol. The molecule has 1 rings (SSSR count). The summed E-state index contributed by atoms with van der Waals surface area (Å²) in [7, 11) is 0. The van der Waals surface area contributed by atoms with Crippen molar-refractivity contribution < 1.29 is 9.47 Å². The summed E-state index contributed by atoms with van der Waals surface area (Å²) in [5.41, 5.74) is 1.35. The molecule has 0 bridgehead atoms. The first-order valence-electron chi connectivity index (χ1n) is 6.91. The minimum Gasteiger partial charge on any atom is -0.491 e. The fourth-order valence-corrected chi connectivity index (χ4v) is 1.70. The highest BCUT2D eigenvalue weighted by atomic mass is 16.5. The van der Waals surface area contributed by atoms with Gasteiger partial charge < -0.3 is 9.47 Å². The summed E-state index contributed by atoms with van der Waals surface area (Å²) in [6.07, 6.45) is 2.39. The minimum absolute atomic E-state index is 0.236. The smallest absolute Gasteiger partial charge is 0.119 e. The Balaban J connectivity index is 2.22. The Morgan fingerprint density at radius 3 is 2.22 bits per heavy atom. The van der Waals surface area contributed by atoms with Crippen molar-refractivity contribution in [2.45, 2.75) is 46.6 Å². The van der Waals surface area contributed by atoms with Gasteiger partial charge in [0.25, 0.3) is 0 Å². The summed E-state index contributed by atoms with van der Waals surface area (Å²) in [6.45, 7) is 10.1. The number of rotatable bonds is 8. The molecule has 1 aromatic carbocycles. The number of aryl methyl sites for hydroxylation is 1. The van der Waals surface area contributed by atoms with Crippen LogP contribution in [0, 0.1) is 5.92 Å². The maximum atomic E-state index is 5.61. The number of ether oxygens (including phenoxy) is 2. The Bertz CT molecular complexity index is 314. The van der Waals surface area contributed by atoms with E-state index in [1.165, 1.54) is 5.56 Å². The molecule has 0 aliphatic carbocycles. The van der Waals surface area contributed by atoms with Crippen molar-refractivity contribution in [2.75, 3.05) is 13.2 Å². The molecule has 0 aliphatic heterocycles. The second-order valence-electron chi connectivity index (χ2n) is 5.38. The average Bonchev–Trinajstić information content (AvgIpc) is 2.30. The van der Waals surface area contributed by atoms with Gasteiger partial charge >= 0.3 is 0 Å². The normalized spacial score (nSPS) is 11.2. The van der Waals surface area contributed by atoms with Gasteiger partial charge in [0.2, 0.25) is 0 Å². The standard InChI is InChI=1S/C16H26O2/c1-13(2)12-17-11-5-6-15-7-9-16(10-8-15)18-14(3)4/h7-10,13-14H,5-6,11-12H2,1-4H3. The zero-order valence-electron chi connectivity index (χ0n) is 12.1. The van der Waals surface area contributed by atoms with Gasteiger partial charge in [-0.05, 0) is 50.3 Å². The van der Waals surface area contributed by atoms with E-state index in [4.69, 9.17) is 9.47 Å². The predicted octanol–water partition coefficient (Wildman–Crippen LogP) is 4.08. The Kier molecular flexibility index (Phi) is 6.81. The highest BCUT2D eigenvalue weighted by molar-refractivity contribution is 5.27. The van der Waals surface area contributed by atoms with E-state index < -0.39 is 0 Å². The van der Waals surface area contributed by atoms with E-state index in [0.29, 0.717) is 5.92 Å². The third-order valence-corrected chi connectivity index (χ3v) is 2.50. The molecule has 0 fully saturated rings. The van der Waals surface area contributed by atoms with Crippen molar-refractivity contribution in [2.24, 2.45) is 5.92 Å². The van der Waals surface area contributed by atoms with E-state index in [1.54, 1.807) is 0 Å². The van der Waals surface area contributed by atoms with Crippen LogP contribution in [0.1, 0.15) is 39.7 Å². The molecular formula is C16H26O2. The molecule has 1 aromatic rings. The van der Waals surface area contributed by atoms with E-state index in [9.17, 15) is 0 Å². The molecule has 0 radical (unpaired) electrons. The SMILES string of the molecule is CC(C)COCCCc1ccc(OC(C)C)cc1. The monoisotopic (exact) mass is 250 g/mol. The van der Waals surface area contributed by atoms with Crippen molar-refractivity contribution in [3.63, 3.8) is 0 Å². The van der Waals surface area contributed by atoms with Gasteiger partial charge in [-0.25, -0.2) is 0 Å². The summed E-state index contributed by atoms with van der Waals surface area (Å²) in [4.78, 5) is 0. The summed E-state index contributed by atoms with van der Waals surface area (Å²) < 4.78 is 11.2. The number of hydrogen-bond acceptors (Lipinski definition) is 2. The Labute approximate surface area is 111 Å². The van der Waals surface area contributed by atoms with Crippen LogP contribution < -0.4 is 4.74 Å². The van der Waals surface area contributed by atoms with Crippen LogP contribution in [0.3, 0.4) is 0 Å². The highest BCUT2D eigenvalue weighted by Crippen LogP contribution is 2.14. The van der Waals surface area contributed by atoms with Crippen LogP contribution in [-0.2, 0) is 11.2 Å². The number of hydrogen-bond donors (Lipinski definition) is 0. The molecule has 18 heavy (non-hydrogen) atoms. The first kappa shape index (κ1) is 15.0. The second kappa shape index (κ2) is 8.15. The van der Waals surface area contributed by atoms with E-state index >= 15 is 0 Å². The lowest BCUT2D eigenvalue weighted by molar-refractivity contribution is 0.108. The zero-order chi connectivity index (χ0) is 13.4. The third-order valence-electron chi connectivity index (χ3n) is 2.50. The molecule has 0 heterocycles. The van der Waals surface area contributed by atoms with Crippen LogP contribution in [0.2, 0.25) is 0 Å². The molecule has 0 N–H and O–H groups in total. The van der Waals surface area contributed by atoms with Gasteiger partial charge in [-0.1, -0.05) is 26.0 Å². The van der Waals surface area contributed by atoms with Crippen molar-refractivity contribution in [3.8, 4) is 5.75 Å². The van der Waals surface area contributed by atoms with Gasteiger partial charge in [0.15, 0.2) is 0 Å². The highest BCUT2D eigenvalue weighted by Gasteiger charge is 1.99. The number of benzene rings is 1. The van der Waals surface area contributed by atoms with E-state index in [-0.39, 0.29) is 6.10 Å². The Hall–Kier alpha value is -1.02. The van der Waals surface area contributed by atoms with Crippen molar-refractivity contribution in [1.82, 2.24) is 0 Å². The summed E-state index contributed by atoms with van der Waals surface area (Å²) in [5, 5.41) is 0. The first-order valence-corrected chi connectivity index (χ1v) is 6.91. The third kappa shape index (κ3) is 6.65. The van der Waals surface area contributed by atoms with Gasteiger partial charge in [0, 0.05) is 13.2 Å². The van der Waals surface area contributed by atoms with Crippen LogP contribution in [0.15, 0.2) is 24.3 Å². The largest absolute Gasteiger partial charge is 0.491 e. The minimum atomic E-state index is 0.236. The van der Waals surface area contributed by atoms with Crippen LogP contribution >= 0.6 is 0 Å². The van der Waals surface area contributed by atoms with E-state index in [1.807, 2.05) is 26.0 Å². The summed E-state index contributed by atoms with van der Waals surface area (Å²) >= 11 is 0. The topological polar surface area (TPSA) is 18.5 Å². The zero-order valence-corrected chi connectivity index (χ0v) is 12.1. The molecule has 0 amide bonds. The van der Waals surface area contributed by atoms with E-state index in [0.717, 1.165) is 31.8 Å². The van der Waals surface area contributed by atoms with Crippen LogP contribution in [-0.4, -0.2) is 19.3 Å². The fraction of sp³-hybridized carbons (Fsp3) is 0.625. The maximum absolute atomic E-state index is 5.61. The Morgan fingerprint density at radius 2 is 1.67 bits per heavy atom. The molecule has 2 heteroatoms. The lowest BCUT2D eigenvalue weighted by Gasteiger charge is -2.10. The lowest BCUT2D eigenvalue weighted by atomic mass is 10.1. The van der Waals surface area contributed by atoms with Crippen LogP contribution in [0.25, 0.3) is 0 Å². The van der Waals surface area contributed by atoms with Gasteiger partial charge in [-0.2, -0.15) is 0 Å². The molecule has 0 spiro atoms. The molecule has 0 saturated carbocycles. The quantitative estimate of drug-likeness (QED) is 0.647. The van der Waals surface area contributed by atoms with Gasteiger partial charge in [-0.3, -0.25) is 0 Å². The van der Waals surface area contributed by atoms with Gasteiger partial charge in [-0.15, -0.1) is 0 Å². The second-order valence-corrected chi connectivity index (χ2v) is 5.38. The van der Waals surface area contributed by atoms with Gasteiger partial charge in [0.1, 0.15) is 5.75 Å². The van der Waals surface area contributed by atoms with Crippen molar-refractivity contribution in [3.05, 3.63) is 29.8 Å². The average molecular weight is 250 g/mol. The summed E-state index contributed by atoms with van der Waals surface area (Å²) in [6, 6.07) is 8.37. The van der Waals surface area contributed by atoms with E-state index in [2.05, 4.69) is 26.0 Å². The molecule has 2 nitrogen and oxygen atoms in total. The summed E-state index contributed by atoms with van der Waals surface area (Å²) in [5.74, 6) is 1.57.